The van der Waals surface area contributed by atoms with Crippen molar-refractivity contribution in [3.05, 3.63) is 38.3 Å². The number of nitrogens with one attached hydrogen (secondary N) is 2. The molecule has 1 atom stereocenters. The van der Waals surface area contributed by atoms with Gasteiger partial charge >= 0.3 is 0 Å². The zero-order valence-electron chi connectivity index (χ0n) is 11.6. The Labute approximate surface area is 121 Å². The number of aryl methyl sites for hydroxylation is 1. The lowest BCUT2D eigenvalue weighted by molar-refractivity contribution is 0.839. The van der Waals surface area contributed by atoms with E-state index in [-0.39, 0.29) is 11.6 Å². The van der Waals surface area contributed by atoms with E-state index in [0.717, 1.165) is 30.1 Å². The fourth-order valence-electron chi connectivity index (χ4n) is 2.07. The zero-order valence-corrected chi connectivity index (χ0v) is 12.5. The highest BCUT2D eigenvalue weighted by Gasteiger charge is 2.26. The molecule has 5 nitrogen and oxygen atoms in total. The van der Waals surface area contributed by atoms with E-state index in [2.05, 4.69) is 27.2 Å². The van der Waals surface area contributed by atoms with Crippen molar-refractivity contribution < 1.29 is 0 Å². The van der Waals surface area contributed by atoms with Gasteiger partial charge in [-0.2, -0.15) is 0 Å². The number of nitrogens with zero attached hydrogens (tertiary/aromatic N) is 2. The molecule has 0 radical (unpaired) electrons. The van der Waals surface area contributed by atoms with E-state index < -0.39 is 0 Å². The number of H-pyrrole nitrogens is 1. The van der Waals surface area contributed by atoms with Crippen molar-refractivity contribution in [1.29, 1.82) is 0 Å². The van der Waals surface area contributed by atoms with E-state index in [9.17, 15) is 4.79 Å². The van der Waals surface area contributed by atoms with Crippen LogP contribution in [0, 0.1) is 0 Å². The molecule has 0 bridgehead atoms. The Morgan fingerprint density at radius 3 is 3.00 bits per heavy atom. The second kappa shape index (κ2) is 5.36. The lowest BCUT2D eigenvalue weighted by Crippen LogP contribution is -2.15. The summed E-state index contributed by atoms with van der Waals surface area (Å²) in [6.07, 6.45) is 5.15. The first-order chi connectivity index (χ1) is 9.65. The predicted molar refractivity (Wildman–Crippen MR) is 80.4 cm³/mol. The van der Waals surface area contributed by atoms with Gasteiger partial charge in [0.1, 0.15) is 16.6 Å². The molecule has 0 saturated heterocycles. The predicted octanol–water partition coefficient (Wildman–Crippen LogP) is 2.84. The molecule has 2 aromatic rings. The summed E-state index contributed by atoms with van der Waals surface area (Å²) in [5, 5.41) is 4.30. The molecule has 106 valence electrons. The Bertz CT molecular complexity index is 659. The van der Waals surface area contributed by atoms with Crippen LogP contribution in [0.5, 0.6) is 0 Å². The van der Waals surface area contributed by atoms with E-state index in [1.807, 2.05) is 13.1 Å². The Morgan fingerprint density at radius 2 is 2.35 bits per heavy atom. The van der Waals surface area contributed by atoms with Crippen LogP contribution in [-0.4, -0.2) is 15.0 Å². The first kappa shape index (κ1) is 13.3. The zero-order chi connectivity index (χ0) is 14.1. The van der Waals surface area contributed by atoms with E-state index in [1.165, 1.54) is 10.9 Å². The smallest absolute Gasteiger partial charge is 0.252 e. The second-order valence-corrected chi connectivity index (χ2v) is 6.32. The van der Waals surface area contributed by atoms with Gasteiger partial charge in [0.2, 0.25) is 0 Å². The van der Waals surface area contributed by atoms with Crippen LogP contribution in [0.4, 0.5) is 5.82 Å². The minimum Gasteiger partial charge on any atom is -0.361 e. The summed E-state index contributed by atoms with van der Waals surface area (Å²) < 4.78 is 0. The summed E-state index contributed by atoms with van der Waals surface area (Å²) in [6, 6.07) is 1.57. The van der Waals surface area contributed by atoms with Crippen LogP contribution in [-0.2, 0) is 6.42 Å². The molecule has 0 spiro atoms. The van der Waals surface area contributed by atoms with Crippen LogP contribution >= 0.6 is 11.3 Å². The summed E-state index contributed by atoms with van der Waals surface area (Å²) in [7, 11) is 0. The van der Waals surface area contributed by atoms with Gasteiger partial charge in [-0.15, -0.1) is 11.3 Å². The van der Waals surface area contributed by atoms with Crippen molar-refractivity contribution in [2.75, 3.05) is 5.32 Å². The SMILES string of the molecule is CCc1cnc(C(C)Nc2cc(=O)[nH]c(C3CC3)n2)s1. The topological polar surface area (TPSA) is 70.7 Å². The maximum atomic E-state index is 11.7. The first-order valence-corrected chi connectivity index (χ1v) is 7.79. The summed E-state index contributed by atoms with van der Waals surface area (Å²) >= 11 is 1.70. The highest BCUT2D eigenvalue weighted by molar-refractivity contribution is 7.11. The van der Waals surface area contributed by atoms with E-state index in [4.69, 9.17) is 0 Å². The van der Waals surface area contributed by atoms with Gasteiger partial charge in [0, 0.05) is 23.1 Å². The molecule has 0 aliphatic heterocycles. The third kappa shape index (κ3) is 2.90. The third-order valence-electron chi connectivity index (χ3n) is 3.38. The number of anilines is 1. The maximum Gasteiger partial charge on any atom is 0.252 e. The van der Waals surface area contributed by atoms with Crippen molar-refractivity contribution in [2.45, 2.75) is 45.1 Å². The fraction of sp³-hybridized carbons (Fsp3) is 0.500. The summed E-state index contributed by atoms with van der Waals surface area (Å²) in [5.41, 5.74) is -0.0926. The Balaban J connectivity index is 1.77. The van der Waals surface area contributed by atoms with Crippen LogP contribution in [0.25, 0.3) is 0 Å². The van der Waals surface area contributed by atoms with Crippen LogP contribution in [0.1, 0.15) is 54.4 Å². The lowest BCUT2D eigenvalue weighted by Gasteiger charge is -2.12. The van der Waals surface area contributed by atoms with Crippen molar-refractivity contribution >= 4 is 17.2 Å². The molecule has 1 saturated carbocycles. The minimum atomic E-state index is -0.0926. The van der Waals surface area contributed by atoms with Gasteiger partial charge in [-0.05, 0) is 26.2 Å². The van der Waals surface area contributed by atoms with E-state index in [0.29, 0.717) is 11.7 Å². The summed E-state index contributed by atoms with van der Waals surface area (Å²) in [5.74, 6) is 1.88. The third-order valence-corrected chi connectivity index (χ3v) is 4.70. The molecule has 2 aromatic heterocycles. The molecule has 20 heavy (non-hydrogen) atoms. The fourth-order valence-corrected chi connectivity index (χ4v) is 2.93. The van der Waals surface area contributed by atoms with Crippen LogP contribution < -0.4 is 10.9 Å². The van der Waals surface area contributed by atoms with Gasteiger partial charge in [0.15, 0.2) is 0 Å². The Morgan fingerprint density at radius 1 is 1.55 bits per heavy atom. The molecule has 1 fully saturated rings. The highest BCUT2D eigenvalue weighted by Crippen LogP contribution is 2.37. The molecule has 3 rings (SSSR count). The van der Waals surface area contributed by atoms with Gasteiger partial charge in [-0.3, -0.25) is 4.79 Å². The molecule has 0 aromatic carbocycles. The molecule has 1 unspecified atom stereocenters. The molecule has 2 heterocycles. The summed E-state index contributed by atoms with van der Waals surface area (Å²) in [6.45, 7) is 4.16. The summed E-state index contributed by atoms with van der Waals surface area (Å²) in [4.78, 5) is 24.7. The molecule has 2 N–H and O–H groups in total. The van der Waals surface area contributed by atoms with Gasteiger partial charge in [-0.25, -0.2) is 9.97 Å². The van der Waals surface area contributed by atoms with Crippen LogP contribution in [0.15, 0.2) is 17.1 Å². The van der Waals surface area contributed by atoms with Crippen molar-refractivity contribution in [3.63, 3.8) is 0 Å². The van der Waals surface area contributed by atoms with E-state index >= 15 is 0 Å². The number of thiazole rings is 1. The van der Waals surface area contributed by atoms with Crippen molar-refractivity contribution in [2.24, 2.45) is 0 Å². The number of hydrogen-bond donors (Lipinski definition) is 2. The molecule has 1 aliphatic rings. The number of aromatic amines is 1. The van der Waals surface area contributed by atoms with Crippen molar-refractivity contribution in [1.82, 2.24) is 15.0 Å². The Kier molecular flexibility index (Phi) is 3.56. The largest absolute Gasteiger partial charge is 0.361 e. The molecule has 1 aliphatic carbocycles. The van der Waals surface area contributed by atoms with Gasteiger partial charge in [0.25, 0.3) is 5.56 Å². The molecular weight excluding hydrogens is 272 g/mol. The standard InChI is InChI=1S/C14H18N4OS/c1-3-10-7-15-14(20-10)8(2)16-11-6-12(19)18-13(17-11)9-4-5-9/h6-9H,3-5H2,1-2H3,(H2,16,17,18,19). The minimum absolute atomic E-state index is 0.0571. The number of hydrogen-bond acceptors (Lipinski definition) is 5. The highest BCUT2D eigenvalue weighted by atomic mass is 32.1. The Hall–Kier alpha value is -1.69. The van der Waals surface area contributed by atoms with Crippen LogP contribution in [0.3, 0.4) is 0 Å². The average molecular weight is 290 g/mol. The lowest BCUT2D eigenvalue weighted by atomic mass is 10.3. The van der Waals surface area contributed by atoms with E-state index in [1.54, 1.807) is 11.3 Å². The first-order valence-electron chi connectivity index (χ1n) is 6.98. The molecule has 6 heteroatoms. The normalized spacial score (nSPS) is 16.1. The van der Waals surface area contributed by atoms with Gasteiger partial charge in [-0.1, -0.05) is 6.92 Å². The molecule has 0 amide bonds. The monoisotopic (exact) mass is 290 g/mol. The van der Waals surface area contributed by atoms with Gasteiger partial charge in [0.05, 0.1) is 6.04 Å². The second-order valence-electron chi connectivity index (χ2n) is 5.17. The quantitative estimate of drug-likeness (QED) is 0.888. The van der Waals surface area contributed by atoms with Crippen molar-refractivity contribution in [3.8, 4) is 0 Å². The average Bonchev–Trinajstić information content (AvgIpc) is 3.15. The number of rotatable bonds is 5. The van der Waals surface area contributed by atoms with Crippen LogP contribution in [0.2, 0.25) is 0 Å². The maximum absolute atomic E-state index is 11.7. The number of aromatic nitrogens is 3. The van der Waals surface area contributed by atoms with Gasteiger partial charge < -0.3 is 10.3 Å². The molecular formula is C14H18N4OS.